The summed E-state index contributed by atoms with van der Waals surface area (Å²) in [4.78, 5) is 6.92. The van der Waals surface area contributed by atoms with Crippen LogP contribution in [0.2, 0.25) is 5.02 Å². The van der Waals surface area contributed by atoms with E-state index in [1.165, 1.54) is 12.2 Å². The van der Waals surface area contributed by atoms with Gasteiger partial charge in [-0.05, 0) is 44.0 Å². The fraction of sp³-hybridized carbons (Fsp3) is 0.471. The van der Waals surface area contributed by atoms with Gasteiger partial charge in [0.25, 0.3) is 0 Å². The van der Waals surface area contributed by atoms with Crippen molar-refractivity contribution in [1.29, 1.82) is 0 Å². The number of hydrogen-bond acceptors (Lipinski definition) is 2. The van der Waals surface area contributed by atoms with Crippen molar-refractivity contribution in [3.63, 3.8) is 0 Å². The molecular weight excluding hydrogens is 301 g/mol. The van der Waals surface area contributed by atoms with Crippen molar-refractivity contribution in [3.05, 3.63) is 52.8 Å². The summed E-state index contributed by atoms with van der Waals surface area (Å²) in [5, 5.41) is 0.185. The van der Waals surface area contributed by atoms with Gasteiger partial charge in [-0.15, -0.1) is 0 Å². The van der Waals surface area contributed by atoms with Crippen LogP contribution >= 0.6 is 11.6 Å². The fourth-order valence-electron chi connectivity index (χ4n) is 3.25. The van der Waals surface area contributed by atoms with E-state index >= 15 is 0 Å². The standard InChI is InChI=1S/C17H21ClFN3/c1-2-22-9-7-20-17(22)14-4-3-8-21(12-14)11-13-5-6-15(18)16(19)10-13/h5-7,9-10,14H,2-4,8,11-12H2,1H3. The van der Waals surface area contributed by atoms with Crippen LogP contribution < -0.4 is 0 Å². The Morgan fingerprint density at radius 3 is 3.05 bits per heavy atom. The van der Waals surface area contributed by atoms with Crippen molar-refractivity contribution in [1.82, 2.24) is 14.5 Å². The zero-order valence-corrected chi connectivity index (χ0v) is 13.6. The summed E-state index contributed by atoms with van der Waals surface area (Å²) >= 11 is 5.75. The molecule has 1 aromatic carbocycles. The van der Waals surface area contributed by atoms with Gasteiger partial charge in [0.1, 0.15) is 11.6 Å². The maximum absolute atomic E-state index is 13.6. The number of hydrogen-bond donors (Lipinski definition) is 0. The smallest absolute Gasteiger partial charge is 0.142 e. The van der Waals surface area contributed by atoms with Crippen molar-refractivity contribution in [3.8, 4) is 0 Å². The molecule has 2 heterocycles. The number of aryl methyl sites for hydroxylation is 1. The first-order valence-corrected chi connectivity index (χ1v) is 8.22. The van der Waals surface area contributed by atoms with Gasteiger partial charge in [0.05, 0.1) is 5.02 Å². The lowest BCUT2D eigenvalue weighted by Gasteiger charge is -2.32. The van der Waals surface area contributed by atoms with Gasteiger partial charge in [0.15, 0.2) is 0 Å². The molecule has 3 rings (SSSR count). The Balaban J connectivity index is 1.69. The molecule has 0 bridgehead atoms. The number of piperidine rings is 1. The molecule has 1 aliphatic rings. The molecule has 1 aliphatic heterocycles. The third kappa shape index (κ3) is 3.33. The quantitative estimate of drug-likeness (QED) is 0.846. The van der Waals surface area contributed by atoms with E-state index in [0.717, 1.165) is 38.2 Å². The summed E-state index contributed by atoms with van der Waals surface area (Å²) < 4.78 is 15.8. The number of rotatable bonds is 4. The van der Waals surface area contributed by atoms with Crippen LogP contribution in [0.15, 0.2) is 30.6 Å². The first-order chi connectivity index (χ1) is 10.7. The third-order valence-electron chi connectivity index (χ3n) is 4.35. The molecule has 0 radical (unpaired) electrons. The summed E-state index contributed by atoms with van der Waals surface area (Å²) in [5.74, 6) is 1.30. The van der Waals surface area contributed by atoms with Gasteiger partial charge < -0.3 is 4.57 Å². The Morgan fingerprint density at radius 2 is 2.27 bits per heavy atom. The van der Waals surface area contributed by atoms with Gasteiger partial charge in [-0.1, -0.05) is 17.7 Å². The molecule has 22 heavy (non-hydrogen) atoms. The van der Waals surface area contributed by atoms with Crippen molar-refractivity contribution >= 4 is 11.6 Å². The normalized spacial score (nSPS) is 19.5. The Labute approximate surface area is 135 Å². The maximum Gasteiger partial charge on any atom is 0.142 e. The topological polar surface area (TPSA) is 21.1 Å². The van der Waals surface area contributed by atoms with Crippen LogP contribution in [0.1, 0.15) is 37.1 Å². The molecule has 118 valence electrons. The van der Waals surface area contributed by atoms with E-state index < -0.39 is 0 Å². The number of likely N-dealkylation sites (tertiary alicyclic amines) is 1. The lowest BCUT2D eigenvalue weighted by molar-refractivity contribution is 0.194. The second kappa shape index (κ2) is 6.80. The largest absolute Gasteiger partial charge is 0.335 e. The third-order valence-corrected chi connectivity index (χ3v) is 4.66. The van der Waals surface area contributed by atoms with Crippen molar-refractivity contribution in [2.45, 2.75) is 38.8 Å². The molecule has 3 nitrogen and oxygen atoms in total. The van der Waals surface area contributed by atoms with Gasteiger partial charge in [-0.25, -0.2) is 9.37 Å². The van der Waals surface area contributed by atoms with E-state index in [1.54, 1.807) is 12.1 Å². The van der Waals surface area contributed by atoms with Crippen molar-refractivity contribution < 1.29 is 4.39 Å². The molecule has 5 heteroatoms. The molecule has 1 saturated heterocycles. The minimum Gasteiger partial charge on any atom is -0.335 e. The Kier molecular flexibility index (Phi) is 4.79. The van der Waals surface area contributed by atoms with Gasteiger partial charge in [-0.2, -0.15) is 0 Å². The molecular formula is C17H21ClFN3. The van der Waals surface area contributed by atoms with E-state index in [-0.39, 0.29) is 10.8 Å². The van der Waals surface area contributed by atoms with Crippen LogP contribution in [0, 0.1) is 5.82 Å². The van der Waals surface area contributed by atoms with E-state index in [2.05, 4.69) is 21.4 Å². The number of nitrogens with zero attached hydrogens (tertiary/aromatic N) is 3. The summed E-state index contributed by atoms with van der Waals surface area (Å²) in [5.41, 5.74) is 0.974. The van der Waals surface area contributed by atoms with Gasteiger partial charge in [-0.3, -0.25) is 4.90 Å². The summed E-state index contributed by atoms with van der Waals surface area (Å²) in [7, 11) is 0. The minimum absolute atomic E-state index is 0.185. The Hall–Kier alpha value is -1.39. The minimum atomic E-state index is -0.339. The summed E-state index contributed by atoms with van der Waals surface area (Å²) in [6, 6.07) is 5.08. The maximum atomic E-state index is 13.6. The lowest BCUT2D eigenvalue weighted by atomic mass is 9.96. The summed E-state index contributed by atoms with van der Waals surface area (Å²) in [6.07, 6.45) is 6.25. The lowest BCUT2D eigenvalue weighted by Crippen LogP contribution is -2.34. The molecule has 1 fully saturated rings. The van der Waals surface area contributed by atoms with E-state index in [1.807, 2.05) is 18.5 Å². The molecule has 1 atom stereocenters. The fourth-order valence-corrected chi connectivity index (χ4v) is 3.37. The van der Waals surface area contributed by atoms with Crippen LogP contribution in [0.5, 0.6) is 0 Å². The van der Waals surface area contributed by atoms with Crippen LogP contribution in [-0.2, 0) is 13.1 Å². The van der Waals surface area contributed by atoms with E-state index in [9.17, 15) is 4.39 Å². The van der Waals surface area contributed by atoms with Crippen LogP contribution in [-0.4, -0.2) is 27.5 Å². The van der Waals surface area contributed by atoms with E-state index in [0.29, 0.717) is 5.92 Å². The summed E-state index contributed by atoms with van der Waals surface area (Å²) in [6.45, 7) is 5.88. The Bertz CT molecular complexity index is 641. The molecule has 0 saturated carbocycles. The molecule has 0 aliphatic carbocycles. The molecule has 2 aromatic rings. The average molecular weight is 322 g/mol. The number of aromatic nitrogens is 2. The second-order valence-corrected chi connectivity index (χ2v) is 6.30. The first kappa shape index (κ1) is 15.5. The molecule has 0 spiro atoms. The predicted octanol–water partition coefficient (Wildman–Crippen LogP) is 4.08. The zero-order valence-electron chi connectivity index (χ0n) is 12.8. The monoisotopic (exact) mass is 321 g/mol. The average Bonchev–Trinajstić information content (AvgIpc) is 3.00. The van der Waals surface area contributed by atoms with Gasteiger partial charge >= 0.3 is 0 Å². The van der Waals surface area contributed by atoms with E-state index in [4.69, 9.17) is 11.6 Å². The number of benzene rings is 1. The van der Waals surface area contributed by atoms with Gasteiger partial charge in [0.2, 0.25) is 0 Å². The zero-order chi connectivity index (χ0) is 15.5. The van der Waals surface area contributed by atoms with Gasteiger partial charge in [0, 0.05) is 37.9 Å². The highest BCUT2D eigenvalue weighted by atomic mass is 35.5. The molecule has 0 amide bonds. The predicted molar refractivity (Wildman–Crippen MR) is 86.6 cm³/mol. The first-order valence-electron chi connectivity index (χ1n) is 7.84. The molecule has 1 unspecified atom stereocenters. The Morgan fingerprint density at radius 1 is 1.41 bits per heavy atom. The highest BCUT2D eigenvalue weighted by Crippen LogP contribution is 2.27. The van der Waals surface area contributed by atoms with Crippen LogP contribution in [0.25, 0.3) is 0 Å². The second-order valence-electron chi connectivity index (χ2n) is 5.89. The molecule has 0 N–H and O–H groups in total. The molecule has 1 aromatic heterocycles. The van der Waals surface area contributed by atoms with Crippen LogP contribution in [0.4, 0.5) is 4.39 Å². The van der Waals surface area contributed by atoms with Crippen molar-refractivity contribution in [2.24, 2.45) is 0 Å². The highest BCUT2D eigenvalue weighted by Gasteiger charge is 2.24. The SMILES string of the molecule is CCn1ccnc1C1CCCN(Cc2ccc(Cl)c(F)c2)C1. The number of halogens is 2. The van der Waals surface area contributed by atoms with Crippen molar-refractivity contribution in [2.75, 3.05) is 13.1 Å². The van der Waals surface area contributed by atoms with Crippen LogP contribution in [0.3, 0.4) is 0 Å². The number of imidazole rings is 1. The highest BCUT2D eigenvalue weighted by molar-refractivity contribution is 6.30.